The van der Waals surface area contributed by atoms with Crippen LogP contribution in [0.25, 0.3) is 0 Å². The molecular formula is C17H26N2S. The third-order valence-electron chi connectivity index (χ3n) is 4.40. The monoisotopic (exact) mass is 290 g/mol. The van der Waals surface area contributed by atoms with Gasteiger partial charge in [0.15, 0.2) is 0 Å². The molecule has 2 N–H and O–H groups in total. The van der Waals surface area contributed by atoms with Gasteiger partial charge < -0.3 is 5.73 Å². The Morgan fingerprint density at radius 3 is 2.70 bits per heavy atom. The van der Waals surface area contributed by atoms with Gasteiger partial charge in [-0.15, -0.1) is 11.3 Å². The van der Waals surface area contributed by atoms with Crippen LogP contribution in [0, 0.1) is 17.8 Å². The summed E-state index contributed by atoms with van der Waals surface area (Å²) in [6, 6.07) is 5.09. The molecule has 0 spiro atoms. The molecule has 1 fully saturated rings. The lowest BCUT2D eigenvalue weighted by Gasteiger charge is -2.34. The minimum absolute atomic E-state index is 0.438. The number of hydrogen-bond acceptors (Lipinski definition) is 3. The Morgan fingerprint density at radius 1 is 1.30 bits per heavy atom. The van der Waals surface area contributed by atoms with Crippen molar-refractivity contribution in [3.8, 4) is 11.8 Å². The van der Waals surface area contributed by atoms with Gasteiger partial charge in [0.05, 0.1) is 11.4 Å². The van der Waals surface area contributed by atoms with E-state index in [1.807, 2.05) is 0 Å². The highest BCUT2D eigenvalue weighted by molar-refractivity contribution is 7.12. The van der Waals surface area contributed by atoms with Gasteiger partial charge in [0.25, 0.3) is 0 Å². The molecule has 0 saturated heterocycles. The number of thiophene rings is 1. The van der Waals surface area contributed by atoms with Crippen LogP contribution in [0.1, 0.15) is 48.8 Å². The average molecular weight is 290 g/mol. The molecule has 20 heavy (non-hydrogen) atoms. The van der Waals surface area contributed by atoms with Crippen LogP contribution < -0.4 is 5.73 Å². The van der Waals surface area contributed by atoms with Crippen molar-refractivity contribution in [2.24, 2.45) is 11.7 Å². The van der Waals surface area contributed by atoms with E-state index in [2.05, 4.69) is 42.8 Å². The molecule has 1 heterocycles. The van der Waals surface area contributed by atoms with Gasteiger partial charge in [0.2, 0.25) is 0 Å². The molecule has 0 aromatic carbocycles. The van der Waals surface area contributed by atoms with Crippen LogP contribution in [-0.4, -0.2) is 24.5 Å². The first kappa shape index (κ1) is 15.6. The van der Waals surface area contributed by atoms with Crippen LogP contribution in [0.3, 0.4) is 0 Å². The third-order valence-corrected chi connectivity index (χ3v) is 5.38. The smallest absolute Gasteiger partial charge is 0.0772 e. The zero-order valence-electron chi connectivity index (χ0n) is 12.7. The Hall–Kier alpha value is -0.820. The first-order chi connectivity index (χ1) is 9.72. The van der Waals surface area contributed by atoms with Crippen molar-refractivity contribution >= 4 is 11.3 Å². The number of hydrogen-bond donors (Lipinski definition) is 1. The number of nitrogens with two attached hydrogens (primary N) is 1. The van der Waals surface area contributed by atoms with Gasteiger partial charge in [-0.2, -0.15) is 0 Å². The fraction of sp³-hybridized carbons (Fsp3) is 0.647. The maximum absolute atomic E-state index is 5.41. The highest BCUT2D eigenvalue weighted by Crippen LogP contribution is 2.30. The highest BCUT2D eigenvalue weighted by Gasteiger charge is 2.23. The average Bonchev–Trinajstić information content (AvgIpc) is 2.92. The van der Waals surface area contributed by atoms with Gasteiger partial charge in [0, 0.05) is 17.5 Å². The molecule has 0 amide bonds. The maximum atomic E-state index is 5.41. The molecule has 0 bridgehead atoms. The summed E-state index contributed by atoms with van der Waals surface area (Å²) >= 11 is 1.80. The molecule has 1 saturated carbocycles. The van der Waals surface area contributed by atoms with Gasteiger partial charge in [0.1, 0.15) is 0 Å². The van der Waals surface area contributed by atoms with E-state index in [1.165, 1.54) is 37.0 Å². The molecular weight excluding hydrogens is 264 g/mol. The molecule has 2 rings (SSSR count). The second kappa shape index (κ2) is 7.83. The van der Waals surface area contributed by atoms with Gasteiger partial charge in [-0.1, -0.05) is 25.2 Å². The SMILES string of the molecule is CCC1CCC(N(C)Cc2ccc(C#CCN)s2)CC1. The van der Waals surface area contributed by atoms with E-state index in [4.69, 9.17) is 5.73 Å². The van der Waals surface area contributed by atoms with Gasteiger partial charge in [-0.25, -0.2) is 0 Å². The second-order valence-electron chi connectivity index (χ2n) is 5.77. The first-order valence-electron chi connectivity index (χ1n) is 7.70. The molecule has 1 aromatic rings. The number of rotatable bonds is 4. The predicted molar refractivity (Wildman–Crippen MR) is 87.8 cm³/mol. The summed E-state index contributed by atoms with van der Waals surface area (Å²) in [5.74, 6) is 7.01. The third kappa shape index (κ3) is 4.34. The fourth-order valence-electron chi connectivity index (χ4n) is 3.04. The Bertz CT molecular complexity index is 461. The molecule has 0 atom stereocenters. The molecule has 3 heteroatoms. The molecule has 1 aliphatic carbocycles. The van der Waals surface area contributed by atoms with Crippen LogP contribution >= 0.6 is 11.3 Å². The minimum atomic E-state index is 0.438. The summed E-state index contributed by atoms with van der Waals surface area (Å²) in [5.41, 5.74) is 5.41. The lowest BCUT2D eigenvalue weighted by atomic mass is 9.84. The highest BCUT2D eigenvalue weighted by atomic mass is 32.1. The summed E-state index contributed by atoms with van der Waals surface area (Å²) in [5, 5.41) is 0. The van der Waals surface area contributed by atoms with E-state index >= 15 is 0 Å². The van der Waals surface area contributed by atoms with Crippen molar-refractivity contribution in [3.63, 3.8) is 0 Å². The van der Waals surface area contributed by atoms with Crippen LogP contribution in [0.15, 0.2) is 12.1 Å². The second-order valence-corrected chi connectivity index (χ2v) is 6.94. The Morgan fingerprint density at radius 2 is 2.05 bits per heavy atom. The van der Waals surface area contributed by atoms with Crippen LogP contribution in [0.2, 0.25) is 0 Å². The lowest BCUT2D eigenvalue weighted by molar-refractivity contribution is 0.158. The van der Waals surface area contributed by atoms with Gasteiger partial charge in [-0.3, -0.25) is 4.90 Å². The standard InChI is InChI=1S/C17H26N2S/c1-3-14-6-8-15(9-7-14)19(2)13-17-11-10-16(20-17)5-4-12-18/h10-11,14-15H,3,6-9,12-13,18H2,1-2H3. The minimum Gasteiger partial charge on any atom is -0.320 e. The first-order valence-corrected chi connectivity index (χ1v) is 8.52. The molecule has 0 unspecified atom stereocenters. The van der Waals surface area contributed by atoms with Crippen molar-refractivity contribution < 1.29 is 0 Å². The van der Waals surface area contributed by atoms with Crippen LogP contribution in [-0.2, 0) is 6.54 Å². The van der Waals surface area contributed by atoms with E-state index in [0.717, 1.165) is 23.4 Å². The molecule has 110 valence electrons. The molecule has 2 nitrogen and oxygen atoms in total. The lowest BCUT2D eigenvalue weighted by Crippen LogP contribution is -2.34. The quantitative estimate of drug-likeness (QED) is 0.861. The Balaban J connectivity index is 1.85. The zero-order chi connectivity index (χ0) is 14.4. The van der Waals surface area contributed by atoms with Crippen LogP contribution in [0.4, 0.5) is 0 Å². The van der Waals surface area contributed by atoms with Crippen molar-refractivity contribution in [2.45, 2.75) is 51.6 Å². The van der Waals surface area contributed by atoms with E-state index in [1.54, 1.807) is 11.3 Å². The summed E-state index contributed by atoms with van der Waals surface area (Å²) in [6.45, 7) is 3.81. The predicted octanol–water partition coefficient (Wildman–Crippen LogP) is 3.46. The van der Waals surface area contributed by atoms with E-state index in [0.29, 0.717) is 6.54 Å². The Kier molecular flexibility index (Phi) is 6.09. The largest absolute Gasteiger partial charge is 0.320 e. The molecule has 1 aromatic heterocycles. The topological polar surface area (TPSA) is 29.3 Å². The Labute approximate surface area is 127 Å². The van der Waals surface area contributed by atoms with E-state index < -0.39 is 0 Å². The summed E-state index contributed by atoms with van der Waals surface area (Å²) in [4.78, 5) is 5.07. The molecule has 1 aliphatic rings. The maximum Gasteiger partial charge on any atom is 0.0772 e. The van der Waals surface area contributed by atoms with E-state index in [9.17, 15) is 0 Å². The summed E-state index contributed by atoms with van der Waals surface area (Å²) in [7, 11) is 2.27. The summed E-state index contributed by atoms with van der Waals surface area (Å²) in [6.07, 6.45) is 6.89. The summed E-state index contributed by atoms with van der Waals surface area (Å²) < 4.78 is 0. The van der Waals surface area contributed by atoms with Gasteiger partial charge >= 0.3 is 0 Å². The molecule has 0 aliphatic heterocycles. The fourth-order valence-corrected chi connectivity index (χ4v) is 3.98. The zero-order valence-corrected chi connectivity index (χ0v) is 13.5. The van der Waals surface area contributed by atoms with Crippen molar-refractivity contribution in [3.05, 3.63) is 21.9 Å². The van der Waals surface area contributed by atoms with Crippen LogP contribution in [0.5, 0.6) is 0 Å². The van der Waals surface area contributed by atoms with Crippen molar-refractivity contribution in [1.29, 1.82) is 0 Å². The normalized spacial score (nSPS) is 22.6. The van der Waals surface area contributed by atoms with Crippen molar-refractivity contribution in [2.75, 3.05) is 13.6 Å². The number of nitrogens with zero attached hydrogens (tertiary/aromatic N) is 1. The van der Waals surface area contributed by atoms with Gasteiger partial charge in [-0.05, 0) is 50.8 Å². The van der Waals surface area contributed by atoms with E-state index in [-0.39, 0.29) is 0 Å². The van der Waals surface area contributed by atoms with Crippen molar-refractivity contribution in [1.82, 2.24) is 4.90 Å². The molecule has 0 radical (unpaired) electrons.